The number of rotatable bonds is 7. The zero-order valence-corrected chi connectivity index (χ0v) is 21.0. The molecule has 0 unspecified atom stereocenters. The van der Waals surface area contributed by atoms with Crippen LogP contribution < -0.4 is 10.6 Å². The number of amides is 1. The summed E-state index contributed by atoms with van der Waals surface area (Å²) in [6.45, 7) is 3.84. The fourth-order valence-corrected chi connectivity index (χ4v) is 4.85. The zero-order valence-electron chi connectivity index (χ0n) is 20.2. The van der Waals surface area contributed by atoms with Gasteiger partial charge in [-0.2, -0.15) is 5.10 Å². The minimum atomic E-state index is -0.139. The highest BCUT2D eigenvalue weighted by molar-refractivity contribution is 7.12. The molecule has 38 heavy (non-hydrogen) atoms. The van der Waals surface area contributed by atoms with Crippen LogP contribution in [0.15, 0.2) is 109 Å². The third-order valence-electron chi connectivity index (χ3n) is 5.97. The van der Waals surface area contributed by atoms with Crippen LogP contribution in [-0.2, 0) is 0 Å². The van der Waals surface area contributed by atoms with Crippen LogP contribution in [0.5, 0.6) is 0 Å². The van der Waals surface area contributed by atoms with Crippen molar-refractivity contribution in [2.24, 2.45) is 0 Å². The number of nitrogens with one attached hydrogen (secondary N) is 2. The van der Waals surface area contributed by atoms with Crippen molar-refractivity contribution in [2.45, 2.75) is 0 Å². The molecule has 6 rings (SSSR count). The van der Waals surface area contributed by atoms with Crippen molar-refractivity contribution in [1.82, 2.24) is 19.6 Å². The SMILES string of the molecule is C=Cc1cccc(Nc2nccc(-c3c(-c4cccc(NC(=O)c5cccs5)c4)nn4ccccc34)n2)c1. The van der Waals surface area contributed by atoms with Crippen LogP contribution in [0.3, 0.4) is 0 Å². The van der Waals surface area contributed by atoms with E-state index in [0.717, 1.165) is 39.3 Å². The number of carbonyl (C=O) groups excluding carboxylic acids is 1. The molecule has 0 aliphatic rings. The highest BCUT2D eigenvalue weighted by Gasteiger charge is 2.19. The van der Waals surface area contributed by atoms with Crippen molar-refractivity contribution < 1.29 is 4.79 Å². The summed E-state index contributed by atoms with van der Waals surface area (Å²) >= 11 is 1.40. The molecule has 4 heterocycles. The number of nitrogens with zero attached hydrogens (tertiary/aromatic N) is 4. The molecular weight excluding hydrogens is 492 g/mol. The second-order valence-corrected chi connectivity index (χ2v) is 9.43. The van der Waals surface area contributed by atoms with E-state index in [1.807, 2.05) is 95.0 Å². The van der Waals surface area contributed by atoms with Gasteiger partial charge in [-0.05, 0) is 59.5 Å². The Balaban J connectivity index is 1.40. The summed E-state index contributed by atoms with van der Waals surface area (Å²) in [5, 5.41) is 13.0. The third-order valence-corrected chi connectivity index (χ3v) is 6.84. The first-order valence-electron chi connectivity index (χ1n) is 11.9. The number of anilines is 3. The Kier molecular flexibility index (Phi) is 6.21. The van der Waals surface area contributed by atoms with E-state index < -0.39 is 0 Å². The van der Waals surface area contributed by atoms with Gasteiger partial charge in [0.2, 0.25) is 5.95 Å². The van der Waals surface area contributed by atoms with Crippen LogP contribution in [0.2, 0.25) is 0 Å². The second-order valence-electron chi connectivity index (χ2n) is 8.49. The first kappa shape index (κ1) is 23.3. The molecular formula is C30H22N6OS. The molecule has 4 aromatic heterocycles. The molecule has 0 saturated heterocycles. The molecule has 0 bridgehead atoms. The van der Waals surface area contributed by atoms with Gasteiger partial charge in [-0.3, -0.25) is 4.79 Å². The van der Waals surface area contributed by atoms with E-state index in [-0.39, 0.29) is 5.91 Å². The average Bonchev–Trinajstić information content (AvgIpc) is 3.62. The summed E-state index contributed by atoms with van der Waals surface area (Å²) in [7, 11) is 0. The lowest BCUT2D eigenvalue weighted by Gasteiger charge is -2.09. The number of thiophene rings is 1. The Morgan fingerprint density at radius 2 is 1.84 bits per heavy atom. The fourth-order valence-electron chi connectivity index (χ4n) is 4.23. The summed E-state index contributed by atoms with van der Waals surface area (Å²) in [6, 6.07) is 27.0. The summed E-state index contributed by atoms with van der Waals surface area (Å²) in [4.78, 5) is 22.6. The van der Waals surface area contributed by atoms with Crippen LogP contribution in [-0.4, -0.2) is 25.5 Å². The third kappa shape index (κ3) is 4.68. The molecule has 6 aromatic rings. The summed E-state index contributed by atoms with van der Waals surface area (Å²) < 4.78 is 1.84. The monoisotopic (exact) mass is 514 g/mol. The van der Waals surface area contributed by atoms with Gasteiger partial charge in [-0.1, -0.05) is 49.1 Å². The standard InChI is InChI=1S/C30H22N6OS/c1-2-20-8-5-10-22(18-20)33-30-31-15-14-24(34-30)27-25-12-3-4-16-36(25)35-28(27)21-9-6-11-23(19-21)32-29(37)26-13-7-17-38-26/h2-19H,1H2,(H,32,37)(H,31,33,34). The van der Waals surface area contributed by atoms with Crippen molar-refractivity contribution in [2.75, 3.05) is 10.6 Å². The number of benzene rings is 2. The molecule has 0 aliphatic heterocycles. The van der Waals surface area contributed by atoms with Crippen LogP contribution in [0.4, 0.5) is 17.3 Å². The molecule has 7 nitrogen and oxygen atoms in total. The lowest BCUT2D eigenvalue weighted by Crippen LogP contribution is -2.09. The van der Waals surface area contributed by atoms with E-state index in [4.69, 9.17) is 10.1 Å². The van der Waals surface area contributed by atoms with E-state index in [0.29, 0.717) is 16.5 Å². The van der Waals surface area contributed by atoms with Gasteiger partial charge >= 0.3 is 0 Å². The lowest BCUT2D eigenvalue weighted by molar-refractivity contribution is 0.103. The number of pyridine rings is 1. The van der Waals surface area contributed by atoms with E-state index in [1.165, 1.54) is 11.3 Å². The van der Waals surface area contributed by atoms with E-state index >= 15 is 0 Å². The maximum Gasteiger partial charge on any atom is 0.265 e. The van der Waals surface area contributed by atoms with Gasteiger partial charge in [-0.15, -0.1) is 11.3 Å². The molecule has 0 fully saturated rings. The molecule has 0 radical (unpaired) electrons. The fraction of sp³-hybridized carbons (Fsp3) is 0. The molecule has 0 aliphatic carbocycles. The second kappa shape index (κ2) is 10.1. The minimum absolute atomic E-state index is 0.139. The van der Waals surface area contributed by atoms with Crippen LogP contribution in [0.25, 0.3) is 34.1 Å². The quantitative estimate of drug-likeness (QED) is 0.236. The maximum atomic E-state index is 12.6. The van der Waals surface area contributed by atoms with E-state index in [9.17, 15) is 4.79 Å². The molecule has 2 N–H and O–H groups in total. The smallest absolute Gasteiger partial charge is 0.265 e. The number of fused-ring (bicyclic) bond motifs is 1. The summed E-state index contributed by atoms with van der Waals surface area (Å²) in [5.74, 6) is 0.335. The van der Waals surface area contributed by atoms with Crippen molar-refractivity contribution in [3.63, 3.8) is 0 Å². The van der Waals surface area contributed by atoms with Gasteiger partial charge in [-0.25, -0.2) is 14.5 Å². The number of hydrogen-bond donors (Lipinski definition) is 2. The van der Waals surface area contributed by atoms with Gasteiger partial charge in [0.05, 0.1) is 21.7 Å². The summed E-state index contributed by atoms with van der Waals surface area (Å²) in [6.07, 6.45) is 5.44. The number of aromatic nitrogens is 4. The van der Waals surface area contributed by atoms with Gasteiger partial charge in [0.15, 0.2) is 0 Å². The van der Waals surface area contributed by atoms with Crippen LogP contribution in [0, 0.1) is 0 Å². The molecule has 0 spiro atoms. The van der Waals surface area contributed by atoms with Gasteiger partial charge in [0, 0.05) is 29.3 Å². The topological polar surface area (TPSA) is 84.2 Å². The van der Waals surface area contributed by atoms with Gasteiger partial charge < -0.3 is 10.6 Å². The van der Waals surface area contributed by atoms with Crippen molar-refractivity contribution in [3.8, 4) is 22.5 Å². The molecule has 184 valence electrons. The number of carbonyl (C=O) groups is 1. The predicted octanol–water partition coefficient (Wildman–Crippen LogP) is 7.16. The molecule has 2 aromatic carbocycles. The summed E-state index contributed by atoms with van der Waals surface area (Å²) in [5.41, 5.74) is 6.69. The predicted molar refractivity (Wildman–Crippen MR) is 154 cm³/mol. The first-order valence-corrected chi connectivity index (χ1v) is 12.8. The van der Waals surface area contributed by atoms with E-state index in [1.54, 1.807) is 18.3 Å². The Hall–Kier alpha value is -5.08. The van der Waals surface area contributed by atoms with Crippen molar-refractivity contribution in [1.29, 1.82) is 0 Å². The normalized spacial score (nSPS) is 10.8. The molecule has 1 amide bonds. The lowest BCUT2D eigenvalue weighted by atomic mass is 10.0. The molecule has 8 heteroatoms. The Labute approximate surface area is 223 Å². The maximum absolute atomic E-state index is 12.6. The minimum Gasteiger partial charge on any atom is -0.324 e. The van der Waals surface area contributed by atoms with Crippen LogP contribution >= 0.6 is 11.3 Å². The Morgan fingerprint density at radius 3 is 2.71 bits per heavy atom. The Bertz CT molecular complexity index is 1770. The highest BCUT2D eigenvalue weighted by atomic mass is 32.1. The first-order chi connectivity index (χ1) is 18.7. The Morgan fingerprint density at radius 1 is 0.947 bits per heavy atom. The van der Waals surface area contributed by atoms with Crippen LogP contribution in [0.1, 0.15) is 15.2 Å². The highest BCUT2D eigenvalue weighted by Crippen LogP contribution is 2.35. The van der Waals surface area contributed by atoms with Crippen molar-refractivity contribution >= 4 is 46.2 Å². The largest absolute Gasteiger partial charge is 0.324 e. The van der Waals surface area contributed by atoms with Gasteiger partial charge in [0.1, 0.15) is 5.69 Å². The number of hydrogen-bond acceptors (Lipinski definition) is 6. The zero-order chi connectivity index (χ0) is 25.9. The van der Waals surface area contributed by atoms with Crippen molar-refractivity contribution in [3.05, 3.63) is 120 Å². The molecule has 0 atom stereocenters. The van der Waals surface area contributed by atoms with E-state index in [2.05, 4.69) is 22.2 Å². The molecule has 0 saturated carbocycles. The van der Waals surface area contributed by atoms with Gasteiger partial charge in [0.25, 0.3) is 5.91 Å². The average molecular weight is 515 g/mol.